The van der Waals surface area contributed by atoms with Crippen LogP contribution >= 0.6 is 22.9 Å². The lowest BCUT2D eigenvalue weighted by molar-refractivity contribution is -0.116. The summed E-state index contributed by atoms with van der Waals surface area (Å²) in [6.45, 7) is 3.37. The molecule has 3 rings (SSSR count). The van der Waals surface area contributed by atoms with E-state index < -0.39 is 0 Å². The summed E-state index contributed by atoms with van der Waals surface area (Å²) in [4.78, 5) is 24.6. The number of hydrogen-bond acceptors (Lipinski definition) is 6. The summed E-state index contributed by atoms with van der Waals surface area (Å²) in [6, 6.07) is 6.12. The minimum atomic E-state index is -0.367. The molecule has 0 bridgehead atoms. The fourth-order valence-electron chi connectivity index (χ4n) is 2.78. The molecule has 6 nitrogen and oxygen atoms in total. The molecule has 0 aliphatic rings. The maximum absolute atomic E-state index is 12.2. The molecule has 3 aromatic rings. The van der Waals surface area contributed by atoms with Gasteiger partial charge in [-0.25, -0.2) is 14.4 Å². The first kappa shape index (κ1) is 24.7. The first-order valence-corrected chi connectivity index (χ1v) is 11.0. The van der Waals surface area contributed by atoms with Crippen molar-refractivity contribution >= 4 is 44.9 Å². The Labute approximate surface area is 191 Å². The molecule has 0 unspecified atom stereocenters. The number of carbonyl (C=O) groups excluding carboxylic acids is 1. The normalized spacial score (nSPS) is 10.9. The van der Waals surface area contributed by atoms with E-state index in [1.54, 1.807) is 35.9 Å². The molecular weight excluding hydrogens is 437 g/mol. The van der Waals surface area contributed by atoms with Crippen molar-refractivity contribution in [3.8, 4) is 0 Å². The fourth-order valence-corrected chi connectivity index (χ4v) is 4.08. The molecule has 0 atom stereocenters. The Hall–Kier alpha value is -2.55. The number of halogens is 2. The van der Waals surface area contributed by atoms with E-state index in [0.29, 0.717) is 6.54 Å². The number of aryl methyl sites for hydroxylation is 1. The Balaban J connectivity index is 0.000000357. The van der Waals surface area contributed by atoms with Gasteiger partial charge in [0.25, 0.3) is 0 Å². The fraction of sp³-hybridized carbons (Fsp3) is 0.318. The topological polar surface area (TPSA) is 70.2 Å². The van der Waals surface area contributed by atoms with Crippen LogP contribution in [0.3, 0.4) is 0 Å². The number of nitrogens with zero attached hydrogens (tertiary/aromatic N) is 3. The maximum Gasteiger partial charge on any atom is 0.243 e. The maximum atomic E-state index is 12.2. The molecule has 1 amide bonds. The third-order valence-electron chi connectivity index (χ3n) is 4.25. The van der Waals surface area contributed by atoms with Crippen molar-refractivity contribution in [2.45, 2.75) is 19.9 Å². The summed E-state index contributed by atoms with van der Waals surface area (Å²) in [6.07, 6.45) is 5.88. The molecule has 31 heavy (non-hydrogen) atoms. The number of likely N-dealkylation sites (N-methyl/N-ethyl adjacent to an activating group) is 1. The van der Waals surface area contributed by atoms with Crippen molar-refractivity contribution in [1.29, 1.82) is 0 Å². The molecule has 0 fully saturated rings. The third-order valence-corrected chi connectivity index (χ3v) is 5.69. The quantitative estimate of drug-likeness (QED) is 0.504. The van der Waals surface area contributed by atoms with Crippen LogP contribution in [-0.2, 0) is 17.8 Å². The second-order valence-corrected chi connectivity index (χ2v) is 8.30. The highest BCUT2D eigenvalue weighted by atomic mass is 35.5. The predicted octanol–water partition coefficient (Wildman–Crippen LogP) is 4.51. The van der Waals surface area contributed by atoms with Crippen molar-refractivity contribution in [1.82, 2.24) is 20.2 Å². The van der Waals surface area contributed by atoms with Gasteiger partial charge in [-0.2, -0.15) is 0 Å². The van der Waals surface area contributed by atoms with E-state index in [1.807, 2.05) is 32.1 Å². The van der Waals surface area contributed by atoms with Gasteiger partial charge in [0.15, 0.2) is 0 Å². The van der Waals surface area contributed by atoms with E-state index in [1.165, 1.54) is 17.7 Å². The van der Waals surface area contributed by atoms with E-state index in [-0.39, 0.29) is 16.7 Å². The number of benzene rings is 1. The van der Waals surface area contributed by atoms with Crippen molar-refractivity contribution in [3.63, 3.8) is 0 Å². The van der Waals surface area contributed by atoms with Gasteiger partial charge in [0.2, 0.25) is 5.91 Å². The number of anilines is 1. The predicted molar refractivity (Wildman–Crippen MR) is 127 cm³/mol. The van der Waals surface area contributed by atoms with Crippen LogP contribution in [0.2, 0.25) is 5.02 Å². The van der Waals surface area contributed by atoms with Gasteiger partial charge in [0.05, 0.1) is 17.0 Å². The minimum absolute atomic E-state index is 0.0775. The molecule has 0 aliphatic carbocycles. The highest BCUT2D eigenvalue weighted by molar-refractivity contribution is 7.18. The van der Waals surface area contributed by atoms with Crippen molar-refractivity contribution in [3.05, 3.63) is 64.0 Å². The molecular formula is C22H27ClFN5OS. The van der Waals surface area contributed by atoms with Gasteiger partial charge in [-0.15, -0.1) is 11.3 Å². The Morgan fingerprint density at radius 3 is 2.61 bits per heavy atom. The van der Waals surface area contributed by atoms with E-state index in [2.05, 4.69) is 27.5 Å². The molecule has 0 saturated heterocycles. The lowest BCUT2D eigenvalue weighted by Crippen LogP contribution is -2.21. The van der Waals surface area contributed by atoms with E-state index in [0.717, 1.165) is 33.9 Å². The first-order chi connectivity index (χ1) is 14.9. The van der Waals surface area contributed by atoms with Crippen LogP contribution in [0.15, 0.2) is 42.7 Å². The van der Waals surface area contributed by atoms with Crippen molar-refractivity contribution in [2.75, 3.05) is 33.0 Å². The monoisotopic (exact) mass is 463 g/mol. The smallest absolute Gasteiger partial charge is 0.243 e. The average molecular weight is 464 g/mol. The summed E-state index contributed by atoms with van der Waals surface area (Å²) in [5.41, 5.74) is 1.20. The SMILES string of the molecule is CCc1c(CNC(=O)/C=C/CN(C)C)sc2ncnc(NC)c12.Fc1ccccc1Cl. The molecule has 0 saturated carbocycles. The van der Waals surface area contributed by atoms with Crippen LogP contribution in [0.1, 0.15) is 17.4 Å². The molecule has 0 aliphatic heterocycles. The molecule has 2 N–H and O–H groups in total. The number of carbonyl (C=O) groups is 1. The summed E-state index contributed by atoms with van der Waals surface area (Å²) in [5, 5.41) is 7.30. The van der Waals surface area contributed by atoms with Gasteiger partial charge in [-0.1, -0.05) is 36.7 Å². The first-order valence-electron chi connectivity index (χ1n) is 9.79. The van der Waals surface area contributed by atoms with Gasteiger partial charge in [0, 0.05) is 24.5 Å². The summed E-state index contributed by atoms with van der Waals surface area (Å²) in [5.74, 6) is 0.395. The van der Waals surface area contributed by atoms with Crippen molar-refractivity contribution in [2.24, 2.45) is 0 Å². The van der Waals surface area contributed by atoms with Crippen LogP contribution in [0.4, 0.5) is 10.2 Å². The van der Waals surface area contributed by atoms with Gasteiger partial charge in [-0.3, -0.25) is 4.79 Å². The minimum Gasteiger partial charge on any atom is -0.372 e. The lowest BCUT2D eigenvalue weighted by atomic mass is 10.1. The lowest BCUT2D eigenvalue weighted by Gasteiger charge is -2.06. The number of amides is 1. The number of thiophene rings is 1. The Bertz CT molecular complexity index is 1020. The van der Waals surface area contributed by atoms with Crippen LogP contribution in [0.25, 0.3) is 10.2 Å². The van der Waals surface area contributed by atoms with Gasteiger partial charge in [0.1, 0.15) is 22.8 Å². The van der Waals surface area contributed by atoms with Gasteiger partial charge in [-0.05, 0) is 38.2 Å². The molecule has 2 aromatic heterocycles. The Morgan fingerprint density at radius 1 is 1.29 bits per heavy atom. The Kier molecular flexibility index (Phi) is 9.84. The molecule has 0 spiro atoms. The zero-order valence-electron chi connectivity index (χ0n) is 18.1. The van der Waals surface area contributed by atoms with Crippen LogP contribution < -0.4 is 10.6 Å². The van der Waals surface area contributed by atoms with Crippen LogP contribution in [0.5, 0.6) is 0 Å². The zero-order valence-corrected chi connectivity index (χ0v) is 19.6. The van der Waals surface area contributed by atoms with Crippen molar-refractivity contribution < 1.29 is 9.18 Å². The highest BCUT2D eigenvalue weighted by Gasteiger charge is 2.15. The molecule has 9 heteroatoms. The molecule has 1 aromatic carbocycles. The van der Waals surface area contributed by atoms with Crippen LogP contribution in [-0.4, -0.2) is 48.5 Å². The second kappa shape index (κ2) is 12.3. The average Bonchev–Trinajstić information content (AvgIpc) is 3.12. The highest BCUT2D eigenvalue weighted by Crippen LogP contribution is 2.34. The van der Waals surface area contributed by atoms with E-state index in [9.17, 15) is 9.18 Å². The number of fused-ring (bicyclic) bond motifs is 1. The molecule has 2 heterocycles. The molecule has 0 radical (unpaired) electrons. The number of aromatic nitrogens is 2. The zero-order chi connectivity index (χ0) is 22.8. The second-order valence-electron chi connectivity index (χ2n) is 6.81. The summed E-state index contributed by atoms with van der Waals surface area (Å²) >= 11 is 6.94. The number of rotatable bonds is 7. The third kappa shape index (κ3) is 7.27. The largest absolute Gasteiger partial charge is 0.372 e. The summed E-state index contributed by atoms with van der Waals surface area (Å²) < 4.78 is 12.2. The standard InChI is InChI=1S/C16H23N5OS.C6H4ClF/c1-5-11-12(9-18-13(22)7-6-8-21(3)4)23-16-14(11)15(17-2)19-10-20-16;7-5-3-1-2-4-6(5)8/h6-7,10H,5,8-9H2,1-4H3,(H,18,22)(H,17,19,20);1-4H/b7-6+;. The molecule has 166 valence electrons. The van der Waals surface area contributed by atoms with Gasteiger partial charge < -0.3 is 15.5 Å². The number of nitrogens with one attached hydrogen (secondary N) is 2. The summed E-state index contributed by atoms with van der Waals surface area (Å²) in [7, 11) is 5.79. The Morgan fingerprint density at radius 2 is 2.03 bits per heavy atom. The van der Waals surface area contributed by atoms with Gasteiger partial charge >= 0.3 is 0 Å². The number of hydrogen-bond donors (Lipinski definition) is 2. The van der Waals surface area contributed by atoms with E-state index in [4.69, 9.17) is 11.6 Å². The van der Waals surface area contributed by atoms with E-state index >= 15 is 0 Å². The van der Waals surface area contributed by atoms with Crippen LogP contribution in [0, 0.1) is 5.82 Å².